The Morgan fingerprint density at radius 3 is 2.21 bits per heavy atom. The van der Waals surface area contributed by atoms with Crippen LogP contribution in [0.25, 0.3) is 16.9 Å². The zero-order chi connectivity index (χ0) is 20.1. The highest BCUT2D eigenvalue weighted by molar-refractivity contribution is 6.18. The predicted molar refractivity (Wildman–Crippen MR) is 109 cm³/mol. The molecule has 0 aliphatic heterocycles. The summed E-state index contributed by atoms with van der Waals surface area (Å²) in [5.41, 5.74) is 2.62. The summed E-state index contributed by atoms with van der Waals surface area (Å²) in [6, 6.07) is 19.1. The molecule has 3 aromatic rings. The molecule has 2 aromatic carbocycles. The van der Waals surface area contributed by atoms with Crippen molar-refractivity contribution in [2.75, 3.05) is 12.4 Å². The third-order valence-corrected chi connectivity index (χ3v) is 4.22. The highest BCUT2D eigenvalue weighted by Gasteiger charge is 2.13. The number of hydrogen-bond acceptors (Lipinski definition) is 5. The van der Waals surface area contributed by atoms with Crippen molar-refractivity contribution in [3.63, 3.8) is 0 Å². The van der Waals surface area contributed by atoms with E-state index >= 15 is 0 Å². The minimum Gasteiger partial charge on any atom is -0.497 e. The molecule has 0 bridgehead atoms. The molecule has 142 valence electrons. The lowest BCUT2D eigenvalue weighted by Gasteiger charge is -2.07. The van der Waals surface area contributed by atoms with Crippen LogP contribution in [0.15, 0.2) is 72.4 Å². The number of hydrogen-bond donors (Lipinski definition) is 1. The second kappa shape index (κ2) is 8.35. The van der Waals surface area contributed by atoms with Gasteiger partial charge < -0.3 is 10.1 Å². The van der Waals surface area contributed by atoms with Crippen LogP contribution < -0.4 is 10.1 Å². The number of Topliss-reactive ketones (excluding diaryl/α,β-unsaturated/α-hetero) is 2. The summed E-state index contributed by atoms with van der Waals surface area (Å²) in [6.45, 7) is 2.73. The van der Waals surface area contributed by atoms with Crippen LogP contribution in [0.4, 0.5) is 5.82 Å². The van der Waals surface area contributed by atoms with E-state index in [4.69, 9.17) is 4.74 Å². The maximum Gasteiger partial charge on any atom is 0.164 e. The van der Waals surface area contributed by atoms with Gasteiger partial charge in [-0.1, -0.05) is 18.2 Å². The number of ether oxygens (including phenoxy) is 1. The lowest BCUT2D eigenvalue weighted by Crippen LogP contribution is -2.09. The Labute approximate surface area is 163 Å². The van der Waals surface area contributed by atoms with Crippen molar-refractivity contribution in [1.82, 2.24) is 9.78 Å². The summed E-state index contributed by atoms with van der Waals surface area (Å²) in [5.74, 6) is 0.819. The highest BCUT2D eigenvalue weighted by Crippen LogP contribution is 2.26. The first-order valence-electron chi connectivity index (χ1n) is 8.78. The Morgan fingerprint density at radius 2 is 1.64 bits per heavy atom. The van der Waals surface area contributed by atoms with Crippen LogP contribution in [-0.2, 0) is 9.59 Å². The molecule has 1 heterocycles. The van der Waals surface area contributed by atoms with E-state index in [-0.39, 0.29) is 17.1 Å². The average molecular weight is 375 g/mol. The SMILES string of the molecule is COc1ccc(-c2cc(NC=C(C(C)=O)C(C)=O)n(-c3ccccc3)n2)cc1. The quantitative estimate of drug-likeness (QED) is 0.384. The van der Waals surface area contributed by atoms with E-state index in [0.717, 1.165) is 22.7 Å². The van der Waals surface area contributed by atoms with E-state index < -0.39 is 0 Å². The molecule has 0 atom stereocenters. The number of para-hydroxylation sites is 1. The number of anilines is 1. The zero-order valence-electron chi connectivity index (χ0n) is 16.0. The minimum atomic E-state index is -0.291. The molecule has 0 aliphatic rings. The van der Waals surface area contributed by atoms with Gasteiger partial charge in [-0.15, -0.1) is 0 Å². The van der Waals surface area contributed by atoms with E-state index in [1.54, 1.807) is 11.8 Å². The number of benzene rings is 2. The first kappa shape index (κ1) is 19.1. The molecule has 0 radical (unpaired) electrons. The van der Waals surface area contributed by atoms with Crippen LogP contribution >= 0.6 is 0 Å². The maximum absolute atomic E-state index is 11.7. The number of carbonyl (C=O) groups excluding carboxylic acids is 2. The lowest BCUT2D eigenvalue weighted by atomic mass is 10.1. The Balaban J connectivity index is 2.04. The molecule has 0 saturated heterocycles. The zero-order valence-corrected chi connectivity index (χ0v) is 16.0. The molecule has 1 N–H and O–H groups in total. The summed E-state index contributed by atoms with van der Waals surface area (Å²) < 4.78 is 6.93. The first-order chi connectivity index (χ1) is 13.5. The van der Waals surface area contributed by atoms with Gasteiger partial charge in [-0.25, -0.2) is 4.68 Å². The highest BCUT2D eigenvalue weighted by atomic mass is 16.5. The van der Waals surface area contributed by atoms with Crippen LogP contribution in [-0.4, -0.2) is 28.5 Å². The van der Waals surface area contributed by atoms with Gasteiger partial charge in [0.25, 0.3) is 0 Å². The van der Waals surface area contributed by atoms with E-state index in [1.165, 1.54) is 20.0 Å². The topological polar surface area (TPSA) is 73.2 Å². The smallest absolute Gasteiger partial charge is 0.164 e. The fraction of sp³-hybridized carbons (Fsp3) is 0.136. The van der Waals surface area contributed by atoms with Crippen molar-refractivity contribution in [1.29, 1.82) is 0 Å². The number of ketones is 2. The Kier molecular flexibility index (Phi) is 5.69. The average Bonchev–Trinajstić information content (AvgIpc) is 3.12. The Hall–Kier alpha value is -3.67. The summed E-state index contributed by atoms with van der Waals surface area (Å²) >= 11 is 0. The van der Waals surface area contributed by atoms with Crippen molar-refractivity contribution >= 4 is 17.4 Å². The molecule has 0 aliphatic carbocycles. The molecule has 0 spiro atoms. The molecule has 0 unspecified atom stereocenters. The molecule has 6 heteroatoms. The summed E-state index contributed by atoms with van der Waals surface area (Å²) in [7, 11) is 1.62. The molecule has 3 rings (SSSR count). The lowest BCUT2D eigenvalue weighted by molar-refractivity contribution is -0.119. The molecular formula is C22H21N3O3. The number of aromatic nitrogens is 2. The summed E-state index contributed by atoms with van der Waals surface area (Å²) in [5, 5.41) is 7.75. The van der Waals surface area contributed by atoms with Crippen LogP contribution in [0.1, 0.15) is 13.8 Å². The Morgan fingerprint density at radius 1 is 1.00 bits per heavy atom. The van der Waals surface area contributed by atoms with Gasteiger partial charge in [0, 0.05) is 17.8 Å². The fourth-order valence-corrected chi connectivity index (χ4v) is 2.75. The van der Waals surface area contributed by atoms with Crippen LogP contribution in [0.2, 0.25) is 0 Å². The molecule has 1 aromatic heterocycles. The van der Waals surface area contributed by atoms with E-state index in [9.17, 15) is 9.59 Å². The van der Waals surface area contributed by atoms with Gasteiger partial charge in [0.05, 0.1) is 24.1 Å². The van der Waals surface area contributed by atoms with Gasteiger partial charge in [0.2, 0.25) is 0 Å². The monoisotopic (exact) mass is 375 g/mol. The number of allylic oxidation sites excluding steroid dienone is 1. The van der Waals surface area contributed by atoms with E-state index in [0.29, 0.717) is 5.82 Å². The minimum absolute atomic E-state index is 0.104. The van der Waals surface area contributed by atoms with Crippen molar-refractivity contribution < 1.29 is 14.3 Å². The van der Waals surface area contributed by atoms with E-state index in [1.807, 2.05) is 60.7 Å². The van der Waals surface area contributed by atoms with Crippen LogP contribution in [0.5, 0.6) is 5.75 Å². The van der Waals surface area contributed by atoms with Crippen molar-refractivity contribution in [3.8, 4) is 22.7 Å². The molecule has 6 nitrogen and oxygen atoms in total. The Bertz CT molecular complexity index is 1000. The van der Waals surface area contributed by atoms with Gasteiger partial charge in [0.15, 0.2) is 11.6 Å². The fourth-order valence-electron chi connectivity index (χ4n) is 2.75. The first-order valence-corrected chi connectivity index (χ1v) is 8.78. The second-order valence-corrected chi connectivity index (χ2v) is 6.21. The maximum atomic E-state index is 11.7. The number of nitrogens with one attached hydrogen (secondary N) is 1. The van der Waals surface area contributed by atoms with Gasteiger partial charge in [-0.05, 0) is 50.2 Å². The molecule has 0 fully saturated rings. The molecular weight excluding hydrogens is 354 g/mol. The predicted octanol–water partition coefficient (Wildman–Crippen LogP) is 4.02. The molecule has 0 saturated carbocycles. The number of nitrogens with zero attached hydrogens (tertiary/aromatic N) is 2. The molecule has 0 amide bonds. The standard InChI is InChI=1S/C22H21N3O3/c1-15(26)20(16(2)27)14-23-22-13-21(17-9-11-19(28-3)12-10-17)24-25(22)18-7-5-4-6-8-18/h4-14,23H,1-3H3. The van der Waals surface area contributed by atoms with Crippen molar-refractivity contribution in [2.24, 2.45) is 0 Å². The van der Waals surface area contributed by atoms with Gasteiger partial charge in [-0.2, -0.15) is 5.10 Å². The largest absolute Gasteiger partial charge is 0.497 e. The van der Waals surface area contributed by atoms with Crippen molar-refractivity contribution in [3.05, 3.63) is 72.4 Å². The summed E-state index contributed by atoms with van der Waals surface area (Å²) in [6.07, 6.45) is 1.43. The summed E-state index contributed by atoms with van der Waals surface area (Å²) in [4.78, 5) is 23.4. The molecule has 28 heavy (non-hydrogen) atoms. The third-order valence-electron chi connectivity index (χ3n) is 4.22. The van der Waals surface area contributed by atoms with Gasteiger partial charge in [-0.3, -0.25) is 9.59 Å². The number of rotatable bonds is 7. The third kappa shape index (κ3) is 4.17. The van der Waals surface area contributed by atoms with Crippen LogP contribution in [0.3, 0.4) is 0 Å². The number of methoxy groups -OCH3 is 1. The number of carbonyl (C=O) groups is 2. The van der Waals surface area contributed by atoms with Gasteiger partial charge >= 0.3 is 0 Å². The van der Waals surface area contributed by atoms with Gasteiger partial charge in [0.1, 0.15) is 11.6 Å². The normalized spacial score (nSPS) is 10.2. The second-order valence-electron chi connectivity index (χ2n) is 6.21. The van der Waals surface area contributed by atoms with E-state index in [2.05, 4.69) is 10.4 Å². The van der Waals surface area contributed by atoms with Crippen molar-refractivity contribution in [2.45, 2.75) is 13.8 Å². The van der Waals surface area contributed by atoms with Crippen LogP contribution in [0, 0.1) is 0 Å².